The lowest BCUT2D eigenvalue weighted by atomic mass is 10.2. The van der Waals surface area contributed by atoms with E-state index in [-0.39, 0.29) is 16.7 Å². The zero-order valence-corrected chi connectivity index (χ0v) is 15.1. The van der Waals surface area contributed by atoms with Crippen molar-refractivity contribution in [2.45, 2.75) is 24.0 Å². The molecule has 1 aromatic carbocycles. The number of halogens is 1. The van der Waals surface area contributed by atoms with Gasteiger partial charge in [0.15, 0.2) is 0 Å². The van der Waals surface area contributed by atoms with Crippen LogP contribution in [0.1, 0.15) is 20.4 Å². The van der Waals surface area contributed by atoms with Crippen LogP contribution >= 0.6 is 23.1 Å². The molecule has 0 saturated carbocycles. The van der Waals surface area contributed by atoms with Crippen LogP contribution in [0.25, 0.3) is 0 Å². The van der Waals surface area contributed by atoms with Crippen LogP contribution in [0.3, 0.4) is 0 Å². The summed E-state index contributed by atoms with van der Waals surface area (Å²) in [5.74, 6) is -0.134. The highest BCUT2D eigenvalue weighted by atomic mass is 32.2. The predicted octanol–water partition coefficient (Wildman–Crippen LogP) is 2.07. The van der Waals surface area contributed by atoms with Gasteiger partial charge in [-0.1, -0.05) is 41.3 Å². The Morgan fingerprint density at radius 1 is 1.31 bits per heavy atom. The second-order valence-corrected chi connectivity index (χ2v) is 7.04. The van der Waals surface area contributed by atoms with Crippen LogP contribution in [0.2, 0.25) is 0 Å². The quantitative estimate of drug-likeness (QED) is 0.464. The second kappa shape index (κ2) is 8.63. The number of allylic oxidation sites excluding steroid dienone is 1. The first-order chi connectivity index (χ1) is 12.7. The molecule has 0 fully saturated rings. The molecule has 0 aliphatic heterocycles. The molecule has 0 aliphatic rings. The van der Waals surface area contributed by atoms with Crippen LogP contribution in [0.5, 0.6) is 0 Å². The number of nitrogens with zero attached hydrogens (tertiary/aromatic N) is 6. The standard InChI is InChI=1S/C15H14FN7OS2/c1-2-7-23-15(20-21-22-23)25-9-12-18-19-14(26-12)13(24)17-8-10-3-5-11(16)6-4-10/h2-6H,1,7-9H2,(H,17,24). The fourth-order valence-corrected chi connectivity index (χ4v) is 3.56. The monoisotopic (exact) mass is 391 g/mol. The Morgan fingerprint density at radius 2 is 2.12 bits per heavy atom. The van der Waals surface area contributed by atoms with Crippen molar-refractivity contribution in [3.63, 3.8) is 0 Å². The lowest BCUT2D eigenvalue weighted by molar-refractivity contribution is 0.0950. The molecule has 2 aromatic heterocycles. The summed E-state index contributed by atoms with van der Waals surface area (Å²) in [7, 11) is 0. The Hall–Kier alpha value is -2.66. The summed E-state index contributed by atoms with van der Waals surface area (Å²) in [6.45, 7) is 4.46. The maximum absolute atomic E-state index is 12.9. The topological polar surface area (TPSA) is 98.5 Å². The van der Waals surface area contributed by atoms with Crippen LogP contribution in [0.4, 0.5) is 4.39 Å². The van der Waals surface area contributed by atoms with Gasteiger partial charge in [-0.05, 0) is 28.1 Å². The maximum Gasteiger partial charge on any atom is 0.282 e. The SMILES string of the molecule is C=CCn1nnnc1SCc1nnc(C(=O)NCc2ccc(F)cc2)s1. The summed E-state index contributed by atoms with van der Waals surface area (Å²) in [6.07, 6.45) is 1.70. The van der Waals surface area contributed by atoms with E-state index in [0.29, 0.717) is 29.0 Å². The van der Waals surface area contributed by atoms with Crippen molar-refractivity contribution in [2.24, 2.45) is 0 Å². The number of rotatable bonds is 8. The van der Waals surface area contributed by atoms with E-state index in [1.165, 1.54) is 35.2 Å². The fraction of sp³-hybridized carbons (Fsp3) is 0.200. The van der Waals surface area contributed by atoms with Gasteiger partial charge in [0.2, 0.25) is 10.2 Å². The summed E-state index contributed by atoms with van der Waals surface area (Å²) in [5, 5.41) is 23.7. The average molecular weight is 391 g/mol. The van der Waals surface area contributed by atoms with Gasteiger partial charge in [-0.2, -0.15) is 0 Å². The van der Waals surface area contributed by atoms with Crippen molar-refractivity contribution >= 4 is 29.0 Å². The third-order valence-corrected chi connectivity index (χ3v) is 5.23. The molecule has 1 amide bonds. The molecular weight excluding hydrogens is 377 g/mol. The van der Waals surface area contributed by atoms with E-state index in [1.807, 2.05) is 0 Å². The number of carbonyl (C=O) groups excluding carboxylic acids is 1. The number of tetrazole rings is 1. The summed E-state index contributed by atoms with van der Waals surface area (Å²) in [5.41, 5.74) is 0.800. The highest BCUT2D eigenvalue weighted by Crippen LogP contribution is 2.22. The number of thioether (sulfide) groups is 1. The van der Waals surface area contributed by atoms with Gasteiger partial charge < -0.3 is 5.32 Å². The zero-order chi connectivity index (χ0) is 18.4. The second-order valence-electron chi connectivity index (χ2n) is 5.03. The molecule has 0 bridgehead atoms. The first-order valence-corrected chi connectivity index (χ1v) is 9.31. The minimum absolute atomic E-state index is 0.272. The third-order valence-electron chi connectivity index (χ3n) is 3.15. The van der Waals surface area contributed by atoms with Gasteiger partial charge in [0.05, 0.1) is 12.3 Å². The van der Waals surface area contributed by atoms with Gasteiger partial charge in [-0.15, -0.1) is 21.9 Å². The molecule has 2 heterocycles. The number of benzene rings is 1. The highest BCUT2D eigenvalue weighted by Gasteiger charge is 2.14. The van der Waals surface area contributed by atoms with Crippen molar-refractivity contribution in [1.29, 1.82) is 0 Å². The van der Waals surface area contributed by atoms with E-state index in [4.69, 9.17) is 0 Å². The minimum Gasteiger partial charge on any atom is -0.346 e. The summed E-state index contributed by atoms with van der Waals surface area (Å²) in [6, 6.07) is 5.93. The zero-order valence-electron chi connectivity index (χ0n) is 13.5. The lowest BCUT2D eigenvalue weighted by Crippen LogP contribution is -2.22. The van der Waals surface area contributed by atoms with Crippen LogP contribution in [0.15, 0.2) is 42.1 Å². The predicted molar refractivity (Wildman–Crippen MR) is 95.1 cm³/mol. The van der Waals surface area contributed by atoms with Crippen molar-refractivity contribution in [1.82, 2.24) is 35.7 Å². The molecule has 0 spiro atoms. The normalized spacial score (nSPS) is 10.7. The molecule has 0 aliphatic carbocycles. The van der Waals surface area contributed by atoms with Gasteiger partial charge in [0.1, 0.15) is 10.8 Å². The summed E-state index contributed by atoms with van der Waals surface area (Å²) < 4.78 is 14.5. The number of hydrogen-bond acceptors (Lipinski definition) is 8. The van der Waals surface area contributed by atoms with Crippen LogP contribution in [-0.2, 0) is 18.8 Å². The Balaban J connectivity index is 1.53. The molecule has 26 heavy (non-hydrogen) atoms. The third kappa shape index (κ3) is 4.70. The number of carbonyl (C=O) groups is 1. The molecule has 0 atom stereocenters. The average Bonchev–Trinajstić information content (AvgIpc) is 3.29. The van der Waals surface area contributed by atoms with Gasteiger partial charge in [-0.3, -0.25) is 4.79 Å². The molecule has 3 rings (SSSR count). The van der Waals surface area contributed by atoms with E-state index in [9.17, 15) is 9.18 Å². The van der Waals surface area contributed by atoms with E-state index in [1.54, 1.807) is 22.9 Å². The number of nitrogens with one attached hydrogen (secondary N) is 1. The van der Waals surface area contributed by atoms with E-state index in [2.05, 4.69) is 37.6 Å². The smallest absolute Gasteiger partial charge is 0.282 e. The van der Waals surface area contributed by atoms with Crippen LogP contribution in [-0.4, -0.2) is 36.3 Å². The van der Waals surface area contributed by atoms with E-state index in [0.717, 1.165) is 5.56 Å². The van der Waals surface area contributed by atoms with Gasteiger partial charge in [0, 0.05) is 6.54 Å². The molecule has 1 N–H and O–H groups in total. The minimum atomic E-state index is -0.320. The molecule has 0 saturated heterocycles. The largest absolute Gasteiger partial charge is 0.346 e. The van der Waals surface area contributed by atoms with Crippen molar-refractivity contribution in [3.8, 4) is 0 Å². The fourth-order valence-electron chi connectivity index (χ4n) is 1.93. The van der Waals surface area contributed by atoms with Crippen molar-refractivity contribution < 1.29 is 9.18 Å². The molecule has 3 aromatic rings. The van der Waals surface area contributed by atoms with E-state index >= 15 is 0 Å². The first-order valence-electron chi connectivity index (χ1n) is 7.50. The molecular formula is C15H14FN7OS2. The highest BCUT2D eigenvalue weighted by molar-refractivity contribution is 7.98. The number of hydrogen-bond donors (Lipinski definition) is 1. The first kappa shape index (κ1) is 18.1. The molecule has 11 heteroatoms. The Labute approximate surface area is 156 Å². The molecule has 0 radical (unpaired) electrons. The Bertz CT molecular complexity index is 894. The Kier molecular flexibility index (Phi) is 6.02. The molecule has 0 unspecified atom stereocenters. The summed E-state index contributed by atoms with van der Waals surface area (Å²) >= 11 is 2.61. The Morgan fingerprint density at radius 3 is 2.88 bits per heavy atom. The maximum atomic E-state index is 12.9. The van der Waals surface area contributed by atoms with Crippen LogP contribution in [0, 0.1) is 5.82 Å². The van der Waals surface area contributed by atoms with Gasteiger partial charge >= 0.3 is 0 Å². The van der Waals surface area contributed by atoms with Gasteiger partial charge in [-0.25, -0.2) is 9.07 Å². The van der Waals surface area contributed by atoms with Crippen LogP contribution < -0.4 is 5.32 Å². The lowest BCUT2D eigenvalue weighted by Gasteiger charge is -2.02. The summed E-state index contributed by atoms with van der Waals surface area (Å²) in [4.78, 5) is 12.1. The van der Waals surface area contributed by atoms with Crippen molar-refractivity contribution in [2.75, 3.05) is 0 Å². The number of aromatic nitrogens is 6. The molecule has 8 nitrogen and oxygen atoms in total. The van der Waals surface area contributed by atoms with Gasteiger partial charge in [0.25, 0.3) is 5.91 Å². The van der Waals surface area contributed by atoms with E-state index < -0.39 is 0 Å². The molecule has 134 valence electrons. The van der Waals surface area contributed by atoms with Crippen molar-refractivity contribution in [3.05, 3.63) is 58.3 Å². The number of amides is 1.